The van der Waals surface area contributed by atoms with Crippen molar-refractivity contribution >= 4 is 0 Å². The molecule has 1 atom stereocenters. The lowest BCUT2D eigenvalue weighted by Crippen LogP contribution is -2.25. The Bertz CT molecular complexity index is 929. The van der Waals surface area contributed by atoms with Crippen LogP contribution < -0.4 is 10.1 Å². The summed E-state index contributed by atoms with van der Waals surface area (Å²) < 4.78 is 8.08. The van der Waals surface area contributed by atoms with E-state index in [2.05, 4.69) is 39.7 Å². The molecule has 5 rings (SSSR count). The number of nitrogens with zero attached hydrogens (tertiary/aromatic N) is 3. The highest BCUT2D eigenvalue weighted by atomic mass is 16.5. The van der Waals surface area contributed by atoms with Crippen molar-refractivity contribution in [2.45, 2.75) is 63.6 Å². The van der Waals surface area contributed by atoms with Crippen LogP contribution in [0.15, 0.2) is 54.9 Å². The Morgan fingerprint density at radius 2 is 1.86 bits per heavy atom. The lowest BCUT2D eigenvalue weighted by molar-refractivity contribution is 0.210. The number of benzene rings is 1. The number of fused-ring (bicyclic) bond motifs is 1. The van der Waals surface area contributed by atoms with Gasteiger partial charge in [-0.2, -0.15) is 5.10 Å². The fourth-order valence-corrected chi connectivity index (χ4v) is 4.57. The molecule has 0 saturated heterocycles. The summed E-state index contributed by atoms with van der Waals surface area (Å²) in [6, 6.07) is 14.9. The van der Waals surface area contributed by atoms with Crippen molar-refractivity contribution in [1.29, 1.82) is 0 Å². The van der Waals surface area contributed by atoms with Crippen LogP contribution in [0.3, 0.4) is 0 Å². The fraction of sp³-hybridized carbons (Fsp3) is 0.417. The fourth-order valence-electron chi connectivity index (χ4n) is 4.57. The van der Waals surface area contributed by atoms with Crippen molar-refractivity contribution < 1.29 is 4.74 Å². The molecule has 1 fully saturated rings. The molecule has 0 spiro atoms. The minimum atomic E-state index is 0.339. The third-order valence-electron chi connectivity index (χ3n) is 6.13. The first-order valence-corrected chi connectivity index (χ1v) is 10.8. The number of ether oxygens (including phenoxy) is 1. The lowest BCUT2D eigenvalue weighted by atomic mass is 9.92. The smallest absolute Gasteiger partial charge is 0.153 e. The molecule has 1 saturated carbocycles. The van der Waals surface area contributed by atoms with Crippen molar-refractivity contribution in [1.82, 2.24) is 20.1 Å². The zero-order valence-electron chi connectivity index (χ0n) is 16.8. The number of aromatic nitrogens is 3. The molecule has 2 aliphatic carbocycles. The van der Waals surface area contributed by atoms with Crippen LogP contribution >= 0.6 is 0 Å². The summed E-state index contributed by atoms with van der Waals surface area (Å²) in [6.07, 6.45) is 12.6. The molecule has 5 heteroatoms. The minimum Gasteiger partial charge on any atom is -0.490 e. The molecule has 5 nitrogen and oxygen atoms in total. The summed E-state index contributed by atoms with van der Waals surface area (Å²) in [6.45, 7) is 0.850. The van der Waals surface area contributed by atoms with Gasteiger partial charge in [-0.3, -0.25) is 0 Å². The van der Waals surface area contributed by atoms with E-state index in [1.165, 1.54) is 42.5 Å². The van der Waals surface area contributed by atoms with Crippen molar-refractivity contribution in [3.63, 3.8) is 0 Å². The minimum absolute atomic E-state index is 0.339. The average Bonchev–Trinajstić information content (AvgIpc) is 3.44. The molecule has 0 aliphatic heterocycles. The second kappa shape index (κ2) is 8.37. The summed E-state index contributed by atoms with van der Waals surface area (Å²) >= 11 is 0. The molecule has 2 heterocycles. The van der Waals surface area contributed by atoms with Gasteiger partial charge in [0.2, 0.25) is 0 Å². The lowest BCUT2D eigenvalue weighted by Gasteiger charge is -2.24. The van der Waals surface area contributed by atoms with Crippen LogP contribution in [0.25, 0.3) is 5.82 Å². The van der Waals surface area contributed by atoms with Crippen molar-refractivity contribution in [2.24, 2.45) is 0 Å². The number of rotatable bonds is 6. The third-order valence-corrected chi connectivity index (χ3v) is 6.13. The van der Waals surface area contributed by atoms with E-state index in [1.807, 2.05) is 35.3 Å². The van der Waals surface area contributed by atoms with Gasteiger partial charge in [0, 0.05) is 24.3 Å². The molecule has 2 aromatic heterocycles. The summed E-state index contributed by atoms with van der Waals surface area (Å²) in [4.78, 5) is 4.46. The van der Waals surface area contributed by atoms with Crippen LogP contribution in [0.2, 0.25) is 0 Å². The maximum absolute atomic E-state index is 6.08. The molecular formula is C24H28N4O. The Kier molecular flexibility index (Phi) is 5.31. The van der Waals surface area contributed by atoms with Crippen LogP contribution in [0.5, 0.6) is 5.75 Å². The molecule has 2 aliphatic rings. The summed E-state index contributed by atoms with van der Waals surface area (Å²) in [5, 5.41) is 8.37. The normalized spacial score (nSPS) is 19.2. The summed E-state index contributed by atoms with van der Waals surface area (Å²) in [7, 11) is 0. The summed E-state index contributed by atoms with van der Waals surface area (Å²) in [5.41, 5.74) is 3.88. The summed E-state index contributed by atoms with van der Waals surface area (Å²) in [5.74, 6) is 1.89. The van der Waals surface area contributed by atoms with Gasteiger partial charge in [-0.25, -0.2) is 9.67 Å². The van der Waals surface area contributed by atoms with E-state index in [0.29, 0.717) is 12.1 Å². The van der Waals surface area contributed by atoms with Gasteiger partial charge in [0.25, 0.3) is 0 Å². The number of hydrogen-bond donors (Lipinski definition) is 1. The van der Waals surface area contributed by atoms with E-state index < -0.39 is 0 Å². The van der Waals surface area contributed by atoms with E-state index in [-0.39, 0.29) is 0 Å². The first kappa shape index (κ1) is 18.4. The molecule has 150 valence electrons. The van der Waals surface area contributed by atoms with Crippen molar-refractivity contribution in [3.05, 3.63) is 71.7 Å². The van der Waals surface area contributed by atoms with Crippen molar-refractivity contribution in [3.8, 4) is 11.6 Å². The van der Waals surface area contributed by atoms with Gasteiger partial charge in [-0.05, 0) is 74.8 Å². The van der Waals surface area contributed by atoms with Crippen LogP contribution in [0.4, 0.5) is 0 Å². The van der Waals surface area contributed by atoms with Gasteiger partial charge in [-0.15, -0.1) is 0 Å². The van der Waals surface area contributed by atoms with E-state index in [4.69, 9.17) is 4.74 Å². The van der Waals surface area contributed by atoms with Crippen LogP contribution in [0, 0.1) is 0 Å². The highest BCUT2D eigenvalue weighted by Crippen LogP contribution is 2.31. The van der Waals surface area contributed by atoms with E-state index >= 15 is 0 Å². The van der Waals surface area contributed by atoms with Gasteiger partial charge in [-0.1, -0.05) is 18.2 Å². The monoisotopic (exact) mass is 388 g/mol. The molecule has 0 bridgehead atoms. The van der Waals surface area contributed by atoms with Gasteiger partial charge < -0.3 is 10.1 Å². The maximum Gasteiger partial charge on any atom is 0.153 e. The molecule has 1 N–H and O–H groups in total. The molecule has 3 aromatic rings. The highest BCUT2D eigenvalue weighted by Gasteiger charge is 2.24. The Hall–Kier alpha value is -2.66. The topological polar surface area (TPSA) is 52.0 Å². The highest BCUT2D eigenvalue weighted by molar-refractivity contribution is 5.33. The van der Waals surface area contributed by atoms with Gasteiger partial charge in [0.1, 0.15) is 5.75 Å². The zero-order chi connectivity index (χ0) is 19.5. The maximum atomic E-state index is 6.08. The van der Waals surface area contributed by atoms with E-state index in [9.17, 15) is 0 Å². The first-order chi connectivity index (χ1) is 14.4. The molecule has 0 amide bonds. The first-order valence-electron chi connectivity index (χ1n) is 10.8. The quantitative estimate of drug-likeness (QED) is 0.662. The second-order valence-electron chi connectivity index (χ2n) is 8.14. The van der Waals surface area contributed by atoms with Gasteiger partial charge in [0.15, 0.2) is 5.82 Å². The Labute approximate surface area is 172 Å². The van der Waals surface area contributed by atoms with E-state index in [1.54, 1.807) is 0 Å². The number of pyridine rings is 1. The Balaban J connectivity index is 1.24. The predicted molar refractivity (Wildman–Crippen MR) is 113 cm³/mol. The molecule has 1 aromatic carbocycles. The molecule has 0 radical (unpaired) electrons. The van der Waals surface area contributed by atoms with Gasteiger partial charge in [0.05, 0.1) is 18.0 Å². The molecule has 29 heavy (non-hydrogen) atoms. The predicted octanol–water partition coefficient (Wildman–Crippen LogP) is 4.76. The molecular weight excluding hydrogens is 360 g/mol. The number of hydrogen-bond acceptors (Lipinski definition) is 4. The Morgan fingerprint density at radius 3 is 2.66 bits per heavy atom. The van der Waals surface area contributed by atoms with Gasteiger partial charge >= 0.3 is 0 Å². The average molecular weight is 389 g/mol. The van der Waals surface area contributed by atoms with E-state index in [0.717, 1.165) is 37.4 Å². The number of nitrogens with one attached hydrogen (secondary N) is 1. The standard InChI is InChI=1S/C24H28N4O/c1-2-7-19(6-1)29-20-13-11-18(12-14-20)16-26-22-8-5-9-23-21(22)17-27-28(23)24-10-3-4-15-25-24/h3-4,10-15,17,19,22,26H,1-2,5-9,16H2. The van der Waals surface area contributed by atoms with Crippen LogP contribution in [-0.4, -0.2) is 20.9 Å². The third kappa shape index (κ3) is 4.06. The SMILES string of the molecule is c1ccc(-n2ncc3c2CCCC3NCc2ccc(OC3CCCC3)cc2)nc1. The largest absolute Gasteiger partial charge is 0.490 e. The van der Waals surface area contributed by atoms with Crippen LogP contribution in [0.1, 0.15) is 61.4 Å². The molecule has 1 unspecified atom stereocenters. The Morgan fingerprint density at radius 1 is 1.00 bits per heavy atom. The van der Waals surface area contributed by atoms with Crippen LogP contribution in [-0.2, 0) is 13.0 Å². The zero-order valence-corrected chi connectivity index (χ0v) is 16.8. The van der Waals surface area contributed by atoms with Crippen molar-refractivity contribution in [2.75, 3.05) is 0 Å². The second-order valence-corrected chi connectivity index (χ2v) is 8.14.